The number of carboxylic acids is 2. The van der Waals surface area contributed by atoms with Crippen molar-refractivity contribution in [1.82, 2.24) is 38.2 Å². The van der Waals surface area contributed by atoms with Crippen LogP contribution in [-0.4, -0.2) is 62.5 Å². The van der Waals surface area contributed by atoms with Gasteiger partial charge in [0.25, 0.3) is 0 Å². The van der Waals surface area contributed by atoms with Crippen molar-refractivity contribution in [2.24, 2.45) is 14.1 Å². The van der Waals surface area contributed by atoms with Crippen molar-refractivity contribution >= 4 is 11.9 Å². The molecule has 0 aliphatic rings. The van der Waals surface area contributed by atoms with Gasteiger partial charge in [0.15, 0.2) is 0 Å². The van der Waals surface area contributed by atoms with E-state index < -0.39 is 24.3 Å². The summed E-state index contributed by atoms with van der Waals surface area (Å²) in [5.41, 5.74) is 8.19. The Balaban J connectivity index is 0.000000724. The molecule has 19 heteroatoms. The zero-order valence-electron chi connectivity index (χ0n) is 34.1. The van der Waals surface area contributed by atoms with Crippen LogP contribution in [0.1, 0.15) is 72.9 Å². The van der Waals surface area contributed by atoms with Gasteiger partial charge in [0, 0.05) is 76.8 Å². The van der Waals surface area contributed by atoms with Gasteiger partial charge in [-0.3, -0.25) is 0 Å². The summed E-state index contributed by atoms with van der Waals surface area (Å²) >= 11 is 0. The van der Waals surface area contributed by atoms with Gasteiger partial charge in [-0.05, 0) is 47.9 Å². The number of rotatable bonds is 6. The standard InChI is InChI=1S/2C14H18N2.2C4H6N2.2C2HF3O2.Zn/c2*1-11(2)14-7-12(3)6-13(8-14)9-16-5-4-15-10-16;2*1-6-3-2-5-4-6;2*3-2(4,5)1(6)7;/h2*4-8,10-11H,9H2,1-3H3;2*2-4H,1H3;2*(H,6,7);/q;;;;;;+2/p-2. The first-order chi connectivity index (χ1) is 27.0. The van der Waals surface area contributed by atoms with Crippen LogP contribution >= 0.6 is 0 Å². The zero-order chi connectivity index (χ0) is 44.1. The number of carboxylic acid groups (broad SMARTS) is 2. The van der Waals surface area contributed by atoms with Crippen LogP contribution in [0.25, 0.3) is 0 Å². The van der Waals surface area contributed by atoms with Gasteiger partial charge in [-0.1, -0.05) is 75.2 Å². The Hall–Kier alpha value is -5.58. The summed E-state index contributed by atoms with van der Waals surface area (Å²) in [5, 5.41) is 17.6. The molecule has 4 aromatic heterocycles. The fourth-order valence-corrected chi connectivity index (χ4v) is 4.47. The molecule has 0 saturated carbocycles. The van der Waals surface area contributed by atoms with E-state index in [0.29, 0.717) is 11.8 Å². The summed E-state index contributed by atoms with van der Waals surface area (Å²) < 4.78 is 71.1. The number of alkyl halides is 6. The molecule has 0 spiro atoms. The molecule has 59 heavy (non-hydrogen) atoms. The molecule has 316 valence electrons. The molecule has 0 saturated heterocycles. The molecular weight excluding hydrogens is 836 g/mol. The molecule has 0 unspecified atom stereocenters. The minimum absolute atomic E-state index is 0. The van der Waals surface area contributed by atoms with Crippen molar-refractivity contribution in [3.63, 3.8) is 0 Å². The Morgan fingerprint density at radius 3 is 1.03 bits per heavy atom. The number of carbonyl (C=O) groups is 2. The molecule has 0 radical (unpaired) electrons. The van der Waals surface area contributed by atoms with Gasteiger partial charge < -0.3 is 38.1 Å². The summed E-state index contributed by atoms with van der Waals surface area (Å²) in [4.78, 5) is 33.3. The molecule has 4 heterocycles. The topological polar surface area (TPSA) is 152 Å². The molecule has 12 nitrogen and oxygen atoms in total. The molecular formula is C40H48F6N8O4Zn. The van der Waals surface area contributed by atoms with E-state index in [0.717, 1.165) is 13.1 Å². The summed E-state index contributed by atoms with van der Waals surface area (Å²) in [6, 6.07) is 13.6. The van der Waals surface area contributed by atoms with E-state index in [1.165, 1.54) is 33.4 Å². The Morgan fingerprint density at radius 2 is 0.847 bits per heavy atom. The van der Waals surface area contributed by atoms with Crippen LogP contribution in [0.3, 0.4) is 0 Å². The Kier molecular flexibility index (Phi) is 23.9. The van der Waals surface area contributed by atoms with Crippen molar-refractivity contribution in [2.75, 3.05) is 0 Å². The Bertz CT molecular complexity index is 1870. The predicted molar refractivity (Wildman–Crippen MR) is 202 cm³/mol. The number of carbonyl (C=O) groups excluding carboxylic acids is 2. The molecule has 6 rings (SSSR count). The van der Waals surface area contributed by atoms with Crippen molar-refractivity contribution < 1.29 is 65.6 Å². The van der Waals surface area contributed by atoms with Crippen LogP contribution in [0.15, 0.2) is 111 Å². The number of halogens is 6. The normalized spacial score (nSPS) is 10.4. The van der Waals surface area contributed by atoms with E-state index in [1.807, 2.05) is 73.1 Å². The monoisotopic (exact) mass is 882 g/mol. The van der Waals surface area contributed by atoms with Crippen molar-refractivity contribution in [1.29, 1.82) is 0 Å². The fraction of sp³-hybridized carbons (Fsp3) is 0.350. The first kappa shape index (κ1) is 53.4. The van der Waals surface area contributed by atoms with E-state index in [1.54, 1.807) is 25.0 Å². The van der Waals surface area contributed by atoms with Gasteiger partial charge in [-0.15, -0.1) is 0 Å². The quantitative estimate of drug-likeness (QED) is 0.143. The number of nitrogens with zero attached hydrogens (tertiary/aromatic N) is 8. The average molecular weight is 884 g/mol. The molecule has 2 aromatic carbocycles. The molecule has 0 aliphatic heterocycles. The number of hydrogen-bond acceptors (Lipinski definition) is 8. The van der Waals surface area contributed by atoms with E-state index in [9.17, 15) is 26.3 Å². The molecule has 6 aromatic rings. The summed E-state index contributed by atoms with van der Waals surface area (Å²) in [5.74, 6) is -4.84. The average Bonchev–Trinajstić information content (AvgIpc) is 3.96. The number of aromatic nitrogens is 8. The SMILES string of the molecule is Cc1cc(Cn2ccnc2)cc(C(C)C)c1.Cc1cc(Cn2ccnc2)cc(C(C)C)c1.Cn1ccnc1.Cn1ccnc1.O=C([O-])C(F)(F)F.O=C([O-])C(F)(F)F.[Zn+2]. The molecule has 0 bridgehead atoms. The van der Waals surface area contributed by atoms with Crippen molar-refractivity contribution in [3.05, 3.63) is 145 Å². The second-order valence-electron chi connectivity index (χ2n) is 13.3. The number of aryl methyl sites for hydroxylation is 4. The third-order valence-electron chi connectivity index (χ3n) is 7.24. The van der Waals surface area contributed by atoms with Crippen LogP contribution in [0.5, 0.6) is 0 Å². The second kappa shape index (κ2) is 26.4. The van der Waals surface area contributed by atoms with Gasteiger partial charge in [0.1, 0.15) is 11.9 Å². The summed E-state index contributed by atoms with van der Waals surface area (Å²) in [6.07, 6.45) is 11.7. The third-order valence-corrected chi connectivity index (χ3v) is 7.24. The van der Waals surface area contributed by atoms with Gasteiger partial charge in [-0.2, -0.15) is 26.3 Å². The second-order valence-corrected chi connectivity index (χ2v) is 13.3. The maximum Gasteiger partial charge on any atom is 2.00 e. The predicted octanol–water partition coefficient (Wildman–Crippen LogP) is 6.16. The number of aliphatic carboxylic acids is 2. The van der Waals surface area contributed by atoms with E-state index in [4.69, 9.17) is 19.8 Å². The van der Waals surface area contributed by atoms with Crippen LogP contribution in [0.4, 0.5) is 26.3 Å². The maximum absolute atomic E-state index is 10.5. The molecule has 0 aliphatic carbocycles. The van der Waals surface area contributed by atoms with Crippen LogP contribution in [0.2, 0.25) is 0 Å². The Morgan fingerprint density at radius 1 is 0.559 bits per heavy atom. The molecule has 0 fully saturated rings. The van der Waals surface area contributed by atoms with Gasteiger partial charge in [0.05, 0.1) is 25.3 Å². The van der Waals surface area contributed by atoms with Gasteiger partial charge in [-0.25, -0.2) is 19.9 Å². The van der Waals surface area contributed by atoms with E-state index in [2.05, 4.69) is 107 Å². The van der Waals surface area contributed by atoms with Crippen molar-refractivity contribution in [3.8, 4) is 0 Å². The molecule has 0 atom stereocenters. The smallest absolute Gasteiger partial charge is 0.542 e. The van der Waals surface area contributed by atoms with Crippen LogP contribution < -0.4 is 10.2 Å². The van der Waals surface area contributed by atoms with E-state index in [-0.39, 0.29) is 19.5 Å². The molecule has 0 N–H and O–H groups in total. The van der Waals surface area contributed by atoms with Gasteiger partial charge in [0.2, 0.25) is 0 Å². The largest absolute Gasteiger partial charge is 2.00 e. The summed E-state index contributed by atoms with van der Waals surface area (Å²) in [6.45, 7) is 15.0. The van der Waals surface area contributed by atoms with Crippen molar-refractivity contribution in [2.45, 2.75) is 78.8 Å². The van der Waals surface area contributed by atoms with E-state index >= 15 is 0 Å². The summed E-state index contributed by atoms with van der Waals surface area (Å²) in [7, 11) is 3.88. The minimum Gasteiger partial charge on any atom is -0.542 e. The first-order valence-corrected chi connectivity index (χ1v) is 17.5. The fourth-order valence-electron chi connectivity index (χ4n) is 4.47. The van der Waals surface area contributed by atoms with Gasteiger partial charge >= 0.3 is 31.8 Å². The number of imidazole rings is 4. The zero-order valence-corrected chi connectivity index (χ0v) is 37.1. The Labute approximate surface area is 352 Å². The van der Waals surface area contributed by atoms with Crippen LogP contribution in [0, 0.1) is 13.8 Å². The molecule has 0 amide bonds. The third kappa shape index (κ3) is 24.1. The maximum atomic E-state index is 10.5. The minimum atomic E-state index is -5.19. The first-order valence-electron chi connectivity index (χ1n) is 17.5. The number of hydrogen-bond donors (Lipinski definition) is 0. The number of benzene rings is 2. The van der Waals surface area contributed by atoms with Crippen LogP contribution in [-0.2, 0) is 56.3 Å².